The highest BCUT2D eigenvalue weighted by Gasteiger charge is 2.44. The number of piperidine rings is 1. The maximum absolute atomic E-state index is 13.2. The minimum atomic E-state index is -0.245. The molecule has 2 aromatic heterocycles. The molecule has 9 heteroatoms. The van der Waals surface area contributed by atoms with E-state index in [-0.39, 0.29) is 17.9 Å². The monoisotopic (exact) mass is 464 g/mol. The van der Waals surface area contributed by atoms with Crippen LogP contribution in [-0.4, -0.2) is 58.9 Å². The van der Waals surface area contributed by atoms with Crippen molar-refractivity contribution in [2.45, 2.75) is 69.0 Å². The lowest BCUT2D eigenvalue weighted by Gasteiger charge is -2.32. The van der Waals surface area contributed by atoms with Crippen LogP contribution in [0.3, 0.4) is 0 Å². The van der Waals surface area contributed by atoms with Crippen molar-refractivity contribution in [3.05, 3.63) is 36.3 Å². The Bertz CT molecular complexity index is 979. The van der Waals surface area contributed by atoms with E-state index in [1.165, 1.54) is 18.4 Å². The van der Waals surface area contributed by atoms with Crippen LogP contribution in [0.25, 0.3) is 0 Å². The van der Waals surface area contributed by atoms with Crippen LogP contribution in [-0.2, 0) is 4.79 Å². The van der Waals surface area contributed by atoms with Gasteiger partial charge in [0, 0.05) is 31.2 Å². The van der Waals surface area contributed by atoms with Gasteiger partial charge in [0.25, 0.3) is 0 Å². The summed E-state index contributed by atoms with van der Waals surface area (Å²) in [5, 5.41) is 11.2. The van der Waals surface area contributed by atoms with E-state index >= 15 is 0 Å². The fourth-order valence-electron chi connectivity index (χ4n) is 6.27. The number of anilines is 2. The average molecular weight is 465 g/mol. The molecule has 4 unspecified atom stereocenters. The molecule has 3 saturated heterocycles. The minimum absolute atomic E-state index is 0.0155. The normalized spacial score (nSPS) is 29.8. The molecule has 2 aromatic rings. The topological polar surface area (TPSA) is 99.1 Å². The Kier molecular flexibility index (Phi) is 6.24. The van der Waals surface area contributed by atoms with Crippen molar-refractivity contribution in [3.63, 3.8) is 0 Å². The minimum Gasteiger partial charge on any atom is -0.357 e. The molecule has 0 aromatic carbocycles. The van der Waals surface area contributed by atoms with E-state index in [0.29, 0.717) is 18.0 Å². The Hall–Kier alpha value is -2.49. The first-order valence-corrected chi connectivity index (χ1v) is 13.0. The Balaban J connectivity index is 1.09. The van der Waals surface area contributed by atoms with Gasteiger partial charge in [0.2, 0.25) is 5.91 Å². The van der Waals surface area contributed by atoms with Gasteiger partial charge in [-0.1, -0.05) is 0 Å². The van der Waals surface area contributed by atoms with E-state index in [1.807, 2.05) is 12.1 Å². The van der Waals surface area contributed by atoms with Crippen molar-refractivity contribution >= 4 is 17.4 Å². The number of nitrogens with one attached hydrogen (secondary N) is 4. The SMILES string of the molecule is O=C(Nc1ccc(N2CCCC2)nc1)C1NNC2CCC(c3cnn(C4CCNCC4)c3)CC21. The second-order valence-corrected chi connectivity index (χ2v) is 10.4. The molecule has 4 N–H and O–H groups in total. The smallest absolute Gasteiger partial charge is 0.243 e. The summed E-state index contributed by atoms with van der Waals surface area (Å²) in [6.45, 7) is 4.27. The number of hydrazine groups is 1. The summed E-state index contributed by atoms with van der Waals surface area (Å²) < 4.78 is 2.18. The molecule has 3 aliphatic heterocycles. The van der Waals surface area contributed by atoms with Gasteiger partial charge in [-0.2, -0.15) is 5.10 Å². The van der Waals surface area contributed by atoms with Crippen LogP contribution in [0.4, 0.5) is 11.5 Å². The molecule has 1 saturated carbocycles. The van der Waals surface area contributed by atoms with E-state index in [1.54, 1.807) is 6.20 Å². The molecule has 4 aliphatic rings. The van der Waals surface area contributed by atoms with E-state index in [4.69, 9.17) is 5.10 Å². The predicted octanol–water partition coefficient (Wildman–Crippen LogP) is 2.17. The molecule has 4 fully saturated rings. The van der Waals surface area contributed by atoms with Gasteiger partial charge in [0.15, 0.2) is 0 Å². The first-order chi connectivity index (χ1) is 16.7. The maximum atomic E-state index is 13.2. The number of rotatable bonds is 5. The first-order valence-electron chi connectivity index (χ1n) is 13.0. The predicted molar refractivity (Wildman–Crippen MR) is 132 cm³/mol. The number of nitrogens with zero attached hydrogens (tertiary/aromatic N) is 4. The fraction of sp³-hybridized carbons (Fsp3) is 0.640. The molecule has 0 spiro atoms. The molecule has 0 radical (unpaired) electrons. The van der Waals surface area contributed by atoms with Crippen LogP contribution in [0.2, 0.25) is 0 Å². The molecule has 1 aliphatic carbocycles. The number of carbonyl (C=O) groups is 1. The summed E-state index contributed by atoms with van der Waals surface area (Å²) in [5.41, 5.74) is 8.76. The lowest BCUT2D eigenvalue weighted by atomic mass is 9.74. The number of amides is 1. The van der Waals surface area contributed by atoms with Crippen LogP contribution in [0, 0.1) is 5.92 Å². The van der Waals surface area contributed by atoms with Crippen LogP contribution in [0.15, 0.2) is 30.7 Å². The lowest BCUT2D eigenvalue weighted by molar-refractivity contribution is -0.119. The molecular weight excluding hydrogens is 428 g/mol. The number of carbonyl (C=O) groups excluding carboxylic acids is 1. The van der Waals surface area contributed by atoms with Crippen molar-refractivity contribution in [1.82, 2.24) is 30.9 Å². The summed E-state index contributed by atoms with van der Waals surface area (Å²) in [6.07, 6.45) is 14.0. The molecule has 9 nitrogen and oxygen atoms in total. The third-order valence-corrected chi connectivity index (χ3v) is 8.26. The van der Waals surface area contributed by atoms with Crippen molar-refractivity contribution in [3.8, 4) is 0 Å². The number of hydrogen-bond acceptors (Lipinski definition) is 7. The molecule has 0 bridgehead atoms. The van der Waals surface area contributed by atoms with Gasteiger partial charge in [0.05, 0.1) is 24.1 Å². The summed E-state index contributed by atoms with van der Waals surface area (Å²) in [4.78, 5) is 20.1. The van der Waals surface area contributed by atoms with Gasteiger partial charge in [-0.3, -0.25) is 14.9 Å². The second-order valence-electron chi connectivity index (χ2n) is 10.4. The van der Waals surface area contributed by atoms with Crippen molar-refractivity contribution in [2.24, 2.45) is 5.92 Å². The van der Waals surface area contributed by atoms with E-state index in [9.17, 15) is 4.79 Å². The van der Waals surface area contributed by atoms with Gasteiger partial charge in [-0.15, -0.1) is 0 Å². The zero-order chi connectivity index (χ0) is 22.9. The summed E-state index contributed by atoms with van der Waals surface area (Å²) in [6, 6.07) is 4.58. The average Bonchev–Trinajstić information content (AvgIpc) is 3.66. The number of pyridine rings is 1. The number of hydrogen-bond donors (Lipinski definition) is 4. The zero-order valence-electron chi connectivity index (χ0n) is 19.7. The molecule has 6 rings (SSSR count). The first kappa shape index (κ1) is 22.0. The molecule has 4 atom stereocenters. The van der Waals surface area contributed by atoms with Crippen LogP contribution >= 0.6 is 0 Å². The third-order valence-electron chi connectivity index (χ3n) is 8.26. The van der Waals surface area contributed by atoms with Crippen molar-refractivity contribution < 1.29 is 4.79 Å². The zero-order valence-corrected chi connectivity index (χ0v) is 19.7. The van der Waals surface area contributed by atoms with Crippen LogP contribution in [0.5, 0.6) is 0 Å². The van der Waals surface area contributed by atoms with Gasteiger partial charge in [-0.05, 0) is 81.6 Å². The maximum Gasteiger partial charge on any atom is 0.243 e. The largest absolute Gasteiger partial charge is 0.357 e. The Morgan fingerprint density at radius 3 is 2.68 bits per heavy atom. The van der Waals surface area contributed by atoms with E-state index in [2.05, 4.69) is 48.4 Å². The Morgan fingerprint density at radius 2 is 1.88 bits per heavy atom. The van der Waals surface area contributed by atoms with Gasteiger partial charge < -0.3 is 15.5 Å². The van der Waals surface area contributed by atoms with Crippen molar-refractivity contribution in [1.29, 1.82) is 0 Å². The Labute approximate surface area is 201 Å². The summed E-state index contributed by atoms with van der Waals surface area (Å²) in [7, 11) is 0. The molecule has 182 valence electrons. The quantitative estimate of drug-likeness (QED) is 0.538. The highest BCUT2D eigenvalue weighted by molar-refractivity contribution is 5.95. The van der Waals surface area contributed by atoms with Crippen molar-refractivity contribution in [2.75, 3.05) is 36.4 Å². The number of fused-ring (bicyclic) bond motifs is 1. The number of aromatic nitrogens is 3. The Morgan fingerprint density at radius 1 is 1.03 bits per heavy atom. The molecule has 34 heavy (non-hydrogen) atoms. The molecular formula is C25H36N8O. The van der Waals surface area contributed by atoms with Crippen LogP contribution in [0.1, 0.15) is 62.5 Å². The highest BCUT2D eigenvalue weighted by Crippen LogP contribution is 2.40. The summed E-state index contributed by atoms with van der Waals surface area (Å²) >= 11 is 0. The highest BCUT2D eigenvalue weighted by atomic mass is 16.2. The van der Waals surface area contributed by atoms with Crippen LogP contribution < -0.4 is 26.4 Å². The third kappa shape index (κ3) is 4.44. The van der Waals surface area contributed by atoms with Gasteiger partial charge in [0.1, 0.15) is 11.9 Å². The second kappa shape index (κ2) is 9.64. The summed E-state index contributed by atoms with van der Waals surface area (Å²) in [5.74, 6) is 1.73. The lowest BCUT2D eigenvalue weighted by Crippen LogP contribution is -2.42. The van der Waals surface area contributed by atoms with Gasteiger partial charge in [-0.25, -0.2) is 10.4 Å². The van der Waals surface area contributed by atoms with E-state index in [0.717, 1.165) is 69.8 Å². The molecule has 1 amide bonds. The van der Waals surface area contributed by atoms with E-state index < -0.39 is 0 Å². The fourth-order valence-corrected chi connectivity index (χ4v) is 6.27. The molecule has 5 heterocycles. The van der Waals surface area contributed by atoms with Gasteiger partial charge >= 0.3 is 0 Å². The standard InChI is InChI=1S/C25H36N8O/c34-25(29-19-4-6-23(27-15-19)32-11-1-2-12-32)24-21-13-17(3-5-22(21)30-31-24)18-14-28-33(16-18)20-7-9-26-10-8-20/h4,6,14-17,20-22,24,26,30-31H,1-3,5,7-13H2,(H,29,34).